The average Bonchev–Trinajstić information content (AvgIpc) is 3.21. The van der Waals surface area contributed by atoms with Crippen molar-refractivity contribution in [3.8, 4) is 11.5 Å². The van der Waals surface area contributed by atoms with E-state index in [4.69, 9.17) is 14.3 Å². The first-order valence-corrected chi connectivity index (χ1v) is 19.5. The summed E-state index contributed by atoms with van der Waals surface area (Å²) in [5.74, 6) is -3.34. The molecule has 2 fully saturated rings. The van der Waals surface area contributed by atoms with Crippen molar-refractivity contribution in [2.45, 2.75) is 74.5 Å². The lowest BCUT2D eigenvalue weighted by Gasteiger charge is -2.48. The maximum Gasteiger partial charge on any atom is 0.416 e. The number of halogens is 11. The summed E-state index contributed by atoms with van der Waals surface area (Å²) < 4.78 is 151. The van der Waals surface area contributed by atoms with Gasteiger partial charge in [-0.05, 0) is 98.2 Å². The molecule has 8 rings (SSSR count). The first kappa shape index (κ1) is 48.2. The molecule has 0 amide bonds. The molecule has 0 spiro atoms. The van der Waals surface area contributed by atoms with Crippen LogP contribution in [0.2, 0.25) is 0 Å². The molecule has 62 heavy (non-hydrogen) atoms. The van der Waals surface area contributed by atoms with E-state index in [1.807, 2.05) is 0 Å². The molecular formula is C44H43ClF10N2O5. The zero-order valence-electron chi connectivity index (χ0n) is 33.5. The standard InChI is InChI=1S/C22H20F5NO2.C21H17F5O2.CH3ClO.H3N/c1-29-28-16-8-9-21(11-13-2-4-14(5-3-13)22(25,26)27)15(10-16)12-30-20-18(24)7-6-17(23)19(20)21;22-16-5-6-17(23)19-18(16)20(8-7-15(27)9-14(20)11-28-19)10-12-1-3-13(4-2-12)21(24,25)26;1-3-2;/h2-7,15H,8-12H2,1H3;1-6,14H,7-11H2;1H3;1H3/b28-16-;;;/t15-,21+;14-,20+;;/m11../s1. The zero-order chi connectivity index (χ0) is 44.3. The van der Waals surface area contributed by atoms with Crippen molar-refractivity contribution >= 4 is 23.4 Å². The van der Waals surface area contributed by atoms with E-state index < -0.39 is 57.6 Å². The number of fused-ring (bicyclic) bond motifs is 6. The van der Waals surface area contributed by atoms with Crippen LogP contribution in [0.15, 0.2) is 78.0 Å². The normalized spacial score (nSPS) is 23.2. The summed E-state index contributed by atoms with van der Waals surface area (Å²) in [7, 11) is 2.83. The molecule has 336 valence electrons. The van der Waals surface area contributed by atoms with Crippen LogP contribution in [0.4, 0.5) is 43.9 Å². The molecule has 18 heteroatoms. The Labute approximate surface area is 356 Å². The largest absolute Gasteiger partial charge is 0.490 e. The van der Waals surface area contributed by atoms with Crippen LogP contribution in [-0.2, 0) is 49.9 Å². The Balaban J connectivity index is 0.000000217. The topological polar surface area (TPSA) is 101 Å². The number of Topliss-reactive ketones (excluding diaryl/α,β-unsaturated/α-hetero) is 1. The zero-order valence-corrected chi connectivity index (χ0v) is 34.3. The third kappa shape index (κ3) is 9.84. The Morgan fingerprint density at radius 1 is 0.645 bits per heavy atom. The molecule has 4 aliphatic rings. The van der Waals surface area contributed by atoms with Crippen LogP contribution in [0, 0.1) is 35.1 Å². The summed E-state index contributed by atoms with van der Waals surface area (Å²) in [6.07, 6.45) is -6.27. The summed E-state index contributed by atoms with van der Waals surface area (Å²) in [6.45, 7) is 0.233. The summed E-state index contributed by atoms with van der Waals surface area (Å²) >= 11 is 4.50. The van der Waals surface area contributed by atoms with Crippen LogP contribution in [0.1, 0.15) is 71.9 Å². The van der Waals surface area contributed by atoms with E-state index in [9.17, 15) is 48.7 Å². The molecule has 0 unspecified atom stereocenters. The van der Waals surface area contributed by atoms with Crippen LogP contribution in [-0.4, -0.2) is 38.9 Å². The van der Waals surface area contributed by atoms with Gasteiger partial charge in [0.25, 0.3) is 0 Å². The Morgan fingerprint density at radius 2 is 1.03 bits per heavy atom. The van der Waals surface area contributed by atoms with E-state index in [1.165, 1.54) is 38.5 Å². The van der Waals surface area contributed by atoms with Crippen LogP contribution >= 0.6 is 11.9 Å². The Morgan fingerprint density at radius 3 is 1.44 bits per heavy atom. The molecule has 0 bridgehead atoms. The minimum absolute atomic E-state index is 0. The molecule has 0 radical (unpaired) electrons. The summed E-state index contributed by atoms with van der Waals surface area (Å²) in [4.78, 5) is 16.9. The molecule has 2 saturated carbocycles. The van der Waals surface area contributed by atoms with Crippen molar-refractivity contribution in [1.29, 1.82) is 0 Å². The van der Waals surface area contributed by atoms with Gasteiger partial charge in [-0.3, -0.25) is 9.08 Å². The number of oxime groups is 1. The number of alkyl halides is 6. The minimum Gasteiger partial charge on any atom is -0.490 e. The highest BCUT2D eigenvalue weighted by Crippen LogP contribution is 2.54. The highest BCUT2D eigenvalue weighted by Gasteiger charge is 2.52. The quantitative estimate of drug-likeness (QED) is 0.158. The van der Waals surface area contributed by atoms with Crippen LogP contribution in [0.5, 0.6) is 11.5 Å². The van der Waals surface area contributed by atoms with Gasteiger partial charge in [-0.1, -0.05) is 29.4 Å². The maximum atomic E-state index is 15.0. The molecule has 0 aromatic heterocycles. The third-order valence-electron chi connectivity index (χ3n) is 12.0. The lowest BCUT2D eigenvalue weighted by Crippen LogP contribution is -2.49. The maximum absolute atomic E-state index is 15.0. The number of nitrogens with zero attached hydrogens (tertiary/aromatic N) is 1. The Kier molecular flexibility index (Phi) is 15.0. The van der Waals surface area contributed by atoms with E-state index in [-0.39, 0.29) is 85.3 Å². The number of hydrogen-bond acceptors (Lipinski definition) is 7. The number of ketones is 1. The van der Waals surface area contributed by atoms with Gasteiger partial charge in [-0.2, -0.15) is 26.3 Å². The van der Waals surface area contributed by atoms with E-state index in [0.717, 1.165) is 54.2 Å². The number of ether oxygens (including phenoxy) is 2. The molecule has 2 aliphatic carbocycles. The predicted octanol–water partition coefficient (Wildman–Crippen LogP) is 11.8. The van der Waals surface area contributed by atoms with E-state index in [1.54, 1.807) is 0 Å². The monoisotopic (exact) mass is 904 g/mol. The second-order valence-corrected chi connectivity index (χ2v) is 15.8. The molecule has 3 N–H and O–H groups in total. The molecule has 4 aromatic carbocycles. The molecule has 2 heterocycles. The molecule has 4 aromatic rings. The second-order valence-electron chi connectivity index (χ2n) is 15.5. The molecule has 7 nitrogen and oxygen atoms in total. The van der Waals surface area contributed by atoms with Gasteiger partial charge >= 0.3 is 12.4 Å². The molecular weight excluding hydrogens is 862 g/mol. The van der Waals surface area contributed by atoms with Crippen LogP contribution in [0.25, 0.3) is 0 Å². The average molecular weight is 905 g/mol. The SMILES string of the molecule is CO/N=C1/CC[C@@]2(Cc3ccc(C(F)(F)F)cc3)c3c(F)ccc(F)c3OC[C@H]2C1.COCl.N.O=C1CC[C@@]2(Cc3ccc(C(F)(F)F)cc3)c3c(F)ccc(F)c3OC[C@H]2C1. The lowest BCUT2D eigenvalue weighted by atomic mass is 9.58. The highest BCUT2D eigenvalue weighted by atomic mass is 35.5. The summed E-state index contributed by atoms with van der Waals surface area (Å²) in [6, 6.07) is 13.7. The Hall–Kier alpha value is -4.87. The van der Waals surface area contributed by atoms with E-state index in [2.05, 4.69) is 21.3 Å². The Bertz CT molecular complexity index is 2240. The van der Waals surface area contributed by atoms with Gasteiger partial charge < -0.3 is 20.5 Å². The van der Waals surface area contributed by atoms with Gasteiger partial charge in [0.05, 0.1) is 49.0 Å². The smallest absolute Gasteiger partial charge is 0.416 e. The fraction of sp³-hybridized carbons (Fsp3) is 0.409. The fourth-order valence-electron chi connectivity index (χ4n) is 9.24. The number of benzene rings is 4. The van der Waals surface area contributed by atoms with Gasteiger partial charge in [0.15, 0.2) is 23.1 Å². The molecule has 4 atom stereocenters. The molecule has 2 aliphatic heterocycles. The predicted molar refractivity (Wildman–Crippen MR) is 209 cm³/mol. The third-order valence-corrected chi connectivity index (χ3v) is 12.0. The fourth-order valence-corrected chi connectivity index (χ4v) is 9.24. The number of rotatable bonds is 5. The van der Waals surface area contributed by atoms with E-state index in [0.29, 0.717) is 36.8 Å². The van der Waals surface area contributed by atoms with Crippen LogP contribution < -0.4 is 15.6 Å². The van der Waals surface area contributed by atoms with Crippen molar-refractivity contribution in [3.05, 3.63) is 129 Å². The van der Waals surface area contributed by atoms with Gasteiger partial charge in [0.1, 0.15) is 24.5 Å². The second kappa shape index (κ2) is 19.3. The van der Waals surface area contributed by atoms with Gasteiger partial charge in [0.2, 0.25) is 0 Å². The number of hydrogen-bond donors (Lipinski definition) is 1. The molecule has 0 saturated heterocycles. The first-order chi connectivity index (χ1) is 28.9. The van der Waals surface area contributed by atoms with Crippen LogP contribution in [0.3, 0.4) is 0 Å². The number of carbonyl (C=O) groups excluding carboxylic acids is 1. The number of carbonyl (C=O) groups is 1. The van der Waals surface area contributed by atoms with E-state index >= 15 is 0 Å². The van der Waals surface area contributed by atoms with Gasteiger partial charge in [0, 0.05) is 46.6 Å². The van der Waals surface area contributed by atoms with Gasteiger partial charge in [-0.15, -0.1) is 0 Å². The van der Waals surface area contributed by atoms with Crippen molar-refractivity contribution in [2.24, 2.45) is 17.0 Å². The van der Waals surface area contributed by atoms with Gasteiger partial charge in [-0.25, -0.2) is 17.6 Å². The minimum atomic E-state index is -4.45. The first-order valence-electron chi connectivity index (χ1n) is 19.2. The highest BCUT2D eigenvalue weighted by molar-refractivity contribution is 6.07. The summed E-state index contributed by atoms with van der Waals surface area (Å²) in [5.41, 5.74) is -0.974. The summed E-state index contributed by atoms with van der Waals surface area (Å²) in [5, 5.41) is 4.02. The lowest BCUT2D eigenvalue weighted by molar-refractivity contribution is -0.138. The van der Waals surface area contributed by atoms with Crippen molar-refractivity contribution in [2.75, 3.05) is 27.4 Å². The van der Waals surface area contributed by atoms with Crippen molar-refractivity contribution in [1.82, 2.24) is 6.15 Å². The van der Waals surface area contributed by atoms with Crippen molar-refractivity contribution in [3.63, 3.8) is 0 Å². The van der Waals surface area contributed by atoms with Crippen molar-refractivity contribution < 1.29 is 67.3 Å².